The summed E-state index contributed by atoms with van der Waals surface area (Å²) in [4.78, 5) is 15.4. The molecule has 30 heavy (non-hydrogen) atoms. The summed E-state index contributed by atoms with van der Waals surface area (Å²) in [6, 6.07) is 15.6. The molecule has 2 atom stereocenters. The third kappa shape index (κ3) is 4.00. The number of ether oxygens (including phenoxy) is 1. The maximum atomic E-state index is 13.6. The number of hydrogen-bond donors (Lipinski definition) is 0. The number of aromatic nitrogens is 2. The molecule has 1 amide bonds. The lowest BCUT2D eigenvalue weighted by atomic mass is 10.1. The minimum absolute atomic E-state index is 0.00202. The van der Waals surface area contributed by atoms with Crippen molar-refractivity contribution < 1.29 is 9.53 Å². The van der Waals surface area contributed by atoms with E-state index in [0.29, 0.717) is 29.5 Å². The third-order valence-electron chi connectivity index (χ3n) is 5.38. The second-order valence-electron chi connectivity index (χ2n) is 8.06. The average Bonchev–Trinajstić information content (AvgIpc) is 3.13. The van der Waals surface area contributed by atoms with Gasteiger partial charge in [-0.25, -0.2) is 4.68 Å². The summed E-state index contributed by atoms with van der Waals surface area (Å²) in [5.74, 6) is -0.0521. The average molecular weight is 424 g/mol. The number of carbonyl (C=O) groups is 1. The fraction of sp³-hybridized carbons (Fsp3) is 0.333. The summed E-state index contributed by atoms with van der Waals surface area (Å²) in [5, 5.41) is 5.43. The van der Waals surface area contributed by atoms with Crippen molar-refractivity contribution in [2.45, 2.75) is 39.9 Å². The predicted molar refractivity (Wildman–Crippen MR) is 119 cm³/mol. The zero-order chi connectivity index (χ0) is 21.4. The van der Waals surface area contributed by atoms with Gasteiger partial charge in [0.15, 0.2) is 0 Å². The van der Waals surface area contributed by atoms with E-state index in [0.717, 1.165) is 22.4 Å². The number of rotatable bonds is 3. The lowest BCUT2D eigenvalue weighted by Crippen LogP contribution is -2.48. The van der Waals surface area contributed by atoms with Gasteiger partial charge in [0, 0.05) is 18.7 Å². The number of aryl methyl sites for hydroxylation is 2. The zero-order valence-corrected chi connectivity index (χ0v) is 18.5. The van der Waals surface area contributed by atoms with Crippen LogP contribution in [0.25, 0.3) is 16.9 Å². The number of benzene rings is 2. The van der Waals surface area contributed by atoms with Gasteiger partial charge in [-0.15, -0.1) is 0 Å². The molecule has 1 aromatic heterocycles. The molecule has 6 heteroatoms. The summed E-state index contributed by atoms with van der Waals surface area (Å²) < 4.78 is 7.57. The number of amides is 1. The highest BCUT2D eigenvalue weighted by Gasteiger charge is 2.30. The van der Waals surface area contributed by atoms with E-state index in [9.17, 15) is 4.79 Å². The Kier molecular flexibility index (Phi) is 5.67. The van der Waals surface area contributed by atoms with Crippen LogP contribution in [0.4, 0.5) is 0 Å². The van der Waals surface area contributed by atoms with Gasteiger partial charge in [-0.05, 0) is 57.0 Å². The Morgan fingerprint density at radius 3 is 2.47 bits per heavy atom. The molecule has 2 aromatic carbocycles. The van der Waals surface area contributed by atoms with Crippen LogP contribution in [0.15, 0.2) is 48.5 Å². The first-order chi connectivity index (χ1) is 14.3. The second-order valence-corrected chi connectivity index (χ2v) is 8.47. The Bertz CT molecular complexity index is 1080. The van der Waals surface area contributed by atoms with Crippen molar-refractivity contribution in [1.82, 2.24) is 14.7 Å². The molecule has 4 rings (SSSR count). The number of halogens is 1. The SMILES string of the molecule is Cc1ccc(C)c(-n2nc(-c3ccccc3Cl)cc2C(=O)N2C[C@@H](C)O[C@@H](C)C2)c1. The van der Waals surface area contributed by atoms with Gasteiger partial charge in [-0.3, -0.25) is 4.79 Å². The highest BCUT2D eigenvalue weighted by molar-refractivity contribution is 6.33. The van der Waals surface area contributed by atoms with Crippen LogP contribution in [0.2, 0.25) is 5.02 Å². The minimum atomic E-state index is -0.0521. The molecule has 1 aliphatic rings. The Morgan fingerprint density at radius 1 is 1.07 bits per heavy atom. The highest BCUT2D eigenvalue weighted by Crippen LogP contribution is 2.30. The highest BCUT2D eigenvalue weighted by atomic mass is 35.5. The third-order valence-corrected chi connectivity index (χ3v) is 5.71. The predicted octanol–water partition coefficient (Wildman–Crippen LogP) is 5.06. The van der Waals surface area contributed by atoms with Gasteiger partial charge < -0.3 is 9.64 Å². The van der Waals surface area contributed by atoms with E-state index in [4.69, 9.17) is 21.4 Å². The molecule has 1 saturated heterocycles. The minimum Gasteiger partial charge on any atom is -0.372 e. The van der Waals surface area contributed by atoms with E-state index >= 15 is 0 Å². The first-order valence-electron chi connectivity index (χ1n) is 10.2. The maximum absolute atomic E-state index is 13.6. The molecule has 3 aromatic rings. The monoisotopic (exact) mass is 423 g/mol. The van der Waals surface area contributed by atoms with Crippen molar-refractivity contribution in [2.75, 3.05) is 13.1 Å². The van der Waals surface area contributed by atoms with Gasteiger partial charge in [0.05, 0.1) is 28.6 Å². The van der Waals surface area contributed by atoms with Gasteiger partial charge in [0.2, 0.25) is 0 Å². The molecule has 5 nitrogen and oxygen atoms in total. The number of nitrogens with zero attached hydrogens (tertiary/aromatic N) is 3. The molecule has 2 heterocycles. The standard InChI is InChI=1S/C24H26ClN3O2/c1-15-9-10-16(2)22(11-15)28-23(24(29)27-13-17(3)30-18(4)14-27)12-21(26-28)19-7-5-6-8-20(19)25/h5-12,17-18H,13-14H2,1-4H3/t17-,18+. The van der Waals surface area contributed by atoms with Crippen LogP contribution < -0.4 is 0 Å². The molecular weight excluding hydrogens is 398 g/mol. The van der Waals surface area contributed by atoms with Gasteiger partial charge >= 0.3 is 0 Å². The first kappa shape index (κ1) is 20.6. The van der Waals surface area contributed by atoms with Gasteiger partial charge in [0.25, 0.3) is 5.91 Å². The molecule has 156 valence electrons. The summed E-state index contributed by atoms with van der Waals surface area (Å²) in [6.07, 6.45) is -0.00405. The fourth-order valence-corrected chi connectivity index (χ4v) is 4.20. The molecule has 0 radical (unpaired) electrons. The van der Waals surface area contributed by atoms with E-state index in [1.165, 1.54) is 0 Å². The van der Waals surface area contributed by atoms with Crippen molar-refractivity contribution in [2.24, 2.45) is 0 Å². The van der Waals surface area contributed by atoms with Gasteiger partial charge in [0.1, 0.15) is 5.69 Å². The van der Waals surface area contributed by atoms with Crippen molar-refractivity contribution in [3.63, 3.8) is 0 Å². The van der Waals surface area contributed by atoms with Crippen molar-refractivity contribution >= 4 is 17.5 Å². The topological polar surface area (TPSA) is 47.4 Å². The molecule has 1 fully saturated rings. The van der Waals surface area contributed by atoms with Crippen LogP contribution in [0.5, 0.6) is 0 Å². The molecule has 0 saturated carbocycles. The Balaban J connectivity index is 1.85. The maximum Gasteiger partial charge on any atom is 0.272 e. The molecule has 0 aliphatic carbocycles. The van der Waals surface area contributed by atoms with Gasteiger partial charge in [-0.2, -0.15) is 5.10 Å². The van der Waals surface area contributed by atoms with Crippen LogP contribution in [0.1, 0.15) is 35.5 Å². The Labute approximate surface area is 182 Å². The Morgan fingerprint density at radius 2 is 1.77 bits per heavy atom. The molecule has 0 spiro atoms. The summed E-state index contributed by atoms with van der Waals surface area (Å²) in [6.45, 7) is 9.17. The summed E-state index contributed by atoms with van der Waals surface area (Å²) in [5.41, 5.74) is 5.07. The van der Waals surface area contributed by atoms with Crippen molar-refractivity contribution in [3.8, 4) is 16.9 Å². The summed E-state index contributed by atoms with van der Waals surface area (Å²) >= 11 is 6.43. The number of hydrogen-bond acceptors (Lipinski definition) is 3. The molecule has 0 bridgehead atoms. The zero-order valence-electron chi connectivity index (χ0n) is 17.7. The van der Waals surface area contributed by atoms with Crippen molar-refractivity contribution in [3.05, 3.63) is 70.4 Å². The quantitative estimate of drug-likeness (QED) is 0.591. The second kappa shape index (κ2) is 8.25. The first-order valence-corrected chi connectivity index (χ1v) is 10.6. The van der Waals surface area contributed by atoms with Crippen LogP contribution in [-0.4, -0.2) is 45.9 Å². The van der Waals surface area contributed by atoms with Gasteiger partial charge in [-0.1, -0.05) is 41.9 Å². The van der Waals surface area contributed by atoms with Crippen LogP contribution in [-0.2, 0) is 4.74 Å². The Hall–Kier alpha value is -2.63. The molecular formula is C24H26ClN3O2. The van der Waals surface area contributed by atoms with Crippen molar-refractivity contribution in [1.29, 1.82) is 0 Å². The lowest BCUT2D eigenvalue weighted by Gasteiger charge is -2.35. The molecule has 0 unspecified atom stereocenters. The van der Waals surface area contributed by atoms with E-state index < -0.39 is 0 Å². The largest absolute Gasteiger partial charge is 0.372 e. The molecule has 0 N–H and O–H groups in total. The van der Waals surface area contributed by atoms with E-state index in [1.807, 2.05) is 62.9 Å². The summed E-state index contributed by atoms with van der Waals surface area (Å²) in [7, 11) is 0. The normalized spacial score (nSPS) is 19.2. The van der Waals surface area contributed by atoms with E-state index in [2.05, 4.69) is 18.2 Å². The lowest BCUT2D eigenvalue weighted by molar-refractivity contribution is -0.0588. The fourth-order valence-electron chi connectivity index (χ4n) is 3.97. The van der Waals surface area contributed by atoms with Crippen LogP contribution in [0.3, 0.4) is 0 Å². The smallest absolute Gasteiger partial charge is 0.272 e. The van der Waals surface area contributed by atoms with E-state index in [1.54, 1.807) is 4.68 Å². The number of morpholine rings is 1. The van der Waals surface area contributed by atoms with Crippen LogP contribution in [0, 0.1) is 13.8 Å². The number of carbonyl (C=O) groups excluding carboxylic acids is 1. The van der Waals surface area contributed by atoms with Crippen LogP contribution >= 0.6 is 11.6 Å². The van der Waals surface area contributed by atoms with E-state index in [-0.39, 0.29) is 18.1 Å². The molecule has 1 aliphatic heterocycles.